The highest BCUT2D eigenvalue weighted by atomic mass is 16.7. The van der Waals surface area contributed by atoms with Crippen molar-refractivity contribution < 1.29 is 24.5 Å². The van der Waals surface area contributed by atoms with E-state index in [0.717, 1.165) is 0 Å². The van der Waals surface area contributed by atoms with Crippen molar-refractivity contribution in [1.82, 2.24) is 0 Å². The molecular formula is C8H12O5. The number of hydrogen-bond acceptors (Lipinski definition) is 3. The molecule has 1 aliphatic rings. The number of rotatable bonds is 2. The smallest absolute Gasteiger partial charge is 0.481 e. The fourth-order valence-electron chi connectivity index (χ4n) is 1.57. The van der Waals surface area contributed by atoms with Crippen LogP contribution in [0.2, 0.25) is 0 Å². The van der Waals surface area contributed by atoms with Crippen LogP contribution < -0.4 is 0 Å². The molecule has 0 aliphatic heterocycles. The summed E-state index contributed by atoms with van der Waals surface area (Å²) in [7, 11) is 0. The van der Waals surface area contributed by atoms with Crippen molar-refractivity contribution in [2.24, 2.45) is 5.92 Å². The molecule has 0 radical (unpaired) electrons. The summed E-state index contributed by atoms with van der Waals surface area (Å²) in [6.45, 7) is 0. The third-order valence-electron chi connectivity index (χ3n) is 2.29. The van der Waals surface area contributed by atoms with Crippen LogP contribution in [0.15, 0.2) is 0 Å². The molecule has 0 spiro atoms. The third kappa shape index (κ3) is 2.93. The topological polar surface area (TPSA) is 83.8 Å². The molecule has 0 amide bonds. The summed E-state index contributed by atoms with van der Waals surface area (Å²) in [5.41, 5.74) is 0. The Bertz CT molecular complexity index is 205. The SMILES string of the molecule is O=C(O)OC1CCC(C(=O)O)CC1. The van der Waals surface area contributed by atoms with Crippen LogP contribution >= 0.6 is 0 Å². The lowest BCUT2D eigenvalue weighted by Gasteiger charge is -2.24. The number of carboxylic acid groups (broad SMARTS) is 2. The molecule has 2 N–H and O–H groups in total. The fraction of sp³-hybridized carbons (Fsp3) is 0.750. The van der Waals surface area contributed by atoms with Crippen molar-refractivity contribution >= 4 is 12.1 Å². The number of carboxylic acids is 1. The highest BCUT2D eigenvalue weighted by Crippen LogP contribution is 2.26. The summed E-state index contributed by atoms with van der Waals surface area (Å²) in [5.74, 6) is -1.12. The van der Waals surface area contributed by atoms with Gasteiger partial charge in [-0.3, -0.25) is 4.79 Å². The lowest BCUT2D eigenvalue weighted by Crippen LogP contribution is -2.27. The van der Waals surface area contributed by atoms with Gasteiger partial charge in [-0.2, -0.15) is 0 Å². The average Bonchev–Trinajstić information content (AvgIpc) is 2.04. The van der Waals surface area contributed by atoms with E-state index in [-0.39, 0.29) is 12.0 Å². The first-order valence-corrected chi connectivity index (χ1v) is 4.22. The fourth-order valence-corrected chi connectivity index (χ4v) is 1.57. The first kappa shape index (κ1) is 9.83. The lowest BCUT2D eigenvalue weighted by atomic mass is 9.87. The van der Waals surface area contributed by atoms with Crippen LogP contribution in [0.1, 0.15) is 25.7 Å². The van der Waals surface area contributed by atoms with Gasteiger partial charge in [0.25, 0.3) is 0 Å². The summed E-state index contributed by atoms with van der Waals surface area (Å²) in [4.78, 5) is 20.7. The molecule has 0 aromatic heterocycles. The molecule has 0 bridgehead atoms. The Labute approximate surface area is 75.3 Å². The molecule has 1 fully saturated rings. The van der Waals surface area contributed by atoms with Crippen molar-refractivity contribution in [2.75, 3.05) is 0 Å². The molecule has 0 atom stereocenters. The maximum atomic E-state index is 10.5. The van der Waals surface area contributed by atoms with Gasteiger partial charge in [-0.25, -0.2) is 4.79 Å². The molecule has 0 saturated heterocycles. The molecule has 0 aromatic rings. The van der Waals surface area contributed by atoms with Crippen LogP contribution in [0.4, 0.5) is 4.79 Å². The molecule has 1 rings (SSSR count). The minimum atomic E-state index is -1.28. The second-order valence-electron chi connectivity index (χ2n) is 3.20. The monoisotopic (exact) mass is 188 g/mol. The van der Waals surface area contributed by atoms with Gasteiger partial charge in [0, 0.05) is 0 Å². The van der Waals surface area contributed by atoms with Crippen LogP contribution in [-0.2, 0) is 9.53 Å². The molecule has 1 aliphatic carbocycles. The molecule has 0 aromatic carbocycles. The average molecular weight is 188 g/mol. The van der Waals surface area contributed by atoms with E-state index in [0.29, 0.717) is 25.7 Å². The summed E-state index contributed by atoms with van der Waals surface area (Å²) in [6, 6.07) is 0. The third-order valence-corrected chi connectivity index (χ3v) is 2.29. The van der Waals surface area contributed by atoms with Crippen LogP contribution in [0.3, 0.4) is 0 Å². The summed E-state index contributed by atoms with van der Waals surface area (Å²) < 4.78 is 4.54. The highest BCUT2D eigenvalue weighted by Gasteiger charge is 2.27. The summed E-state index contributed by atoms with van der Waals surface area (Å²) in [6.07, 6.45) is 0.458. The Balaban J connectivity index is 2.30. The van der Waals surface area contributed by atoms with Crippen LogP contribution in [0, 0.1) is 5.92 Å². The van der Waals surface area contributed by atoms with E-state index in [1.807, 2.05) is 0 Å². The van der Waals surface area contributed by atoms with Crippen molar-refractivity contribution in [1.29, 1.82) is 0 Å². The van der Waals surface area contributed by atoms with Crippen LogP contribution in [-0.4, -0.2) is 28.4 Å². The lowest BCUT2D eigenvalue weighted by molar-refractivity contribution is -0.143. The molecule has 5 heteroatoms. The van der Waals surface area contributed by atoms with Gasteiger partial charge in [0.15, 0.2) is 0 Å². The van der Waals surface area contributed by atoms with Gasteiger partial charge >= 0.3 is 12.1 Å². The Morgan fingerprint density at radius 3 is 2.00 bits per heavy atom. The zero-order valence-corrected chi connectivity index (χ0v) is 7.10. The molecule has 5 nitrogen and oxygen atoms in total. The molecule has 1 saturated carbocycles. The van der Waals surface area contributed by atoms with E-state index in [2.05, 4.69) is 4.74 Å². The molecule has 0 heterocycles. The number of aliphatic carboxylic acids is 1. The predicted molar refractivity (Wildman–Crippen MR) is 42.5 cm³/mol. The molecular weight excluding hydrogens is 176 g/mol. The molecule has 13 heavy (non-hydrogen) atoms. The zero-order chi connectivity index (χ0) is 9.84. The second-order valence-corrected chi connectivity index (χ2v) is 3.20. The normalized spacial score (nSPS) is 28.0. The first-order valence-electron chi connectivity index (χ1n) is 4.22. The van der Waals surface area contributed by atoms with Gasteiger partial charge in [-0.05, 0) is 25.7 Å². The summed E-state index contributed by atoms with van der Waals surface area (Å²) in [5, 5.41) is 17.0. The molecule has 0 unspecified atom stereocenters. The van der Waals surface area contributed by atoms with Crippen LogP contribution in [0.25, 0.3) is 0 Å². The maximum Gasteiger partial charge on any atom is 0.506 e. The van der Waals surface area contributed by atoms with Gasteiger partial charge in [0.1, 0.15) is 6.10 Å². The number of ether oxygens (including phenoxy) is 1. The van der Waals surface area contributed by atoms with E-state index < -0.39 is 12.1 Å². The van der Waals surface area contributed by atoms with Gasteiger partial charge in [-0.1, -0.05) is 0 Å². The Hall–Kier alpha value is -1.26. The number of hydrogen-bond donors (Lipinski definition) is 2. The number of carbonyl (C=O) groups is 2. The summed E-state index contributed by atoms with van der Waals surface area (Å²) >= 11 is 0. The van der Waals surface area contributed by atoms with Gasteiger partial charge in [-0.15, -0.1) is 0 Å². The Morgan fingerprint density at radius 1 is 1.08 bits per heavy atom. The van der Waals surface area contributed by atoms with Crippen LogP contribution in [0.5, 0.6) is 0 Å². The van der Waals surface area contributed by atoms with E-state index in [4.69, 9.17) is 10.2 Å². The van der Waals surface area contributed by atoms with Crippen molar-refractivity contribution in [3.05, 3.63) is 0 Å². The van der Waals surface area contributed by atoms with Crippen molar-refractivity contribution in [3.8, 4) is 0 Å². The van der Waals surface area contributed by atoms with Gasteiger partial charge in [0.2, 0.25) is 0 Å². The van der Waals surface area contributed by atoms with E-state index in [1.165, 1.54) is 0 Å². The standard InChI is InChI=1S/C8H12O5/c9-7(10)5-1-3-6(4-2-5)13-8(11)12/h5-6H,1-4H2,(H,9,10)(H,11,12). The van der Waals surface area contributed by atoms with E-state index in [1.54, 1.807) is 0 Å². The van der Waals surface area contributed by atoms with E-state index in [9.17, 15) is 9.59 Å². The minimum Gasteiger partial charge on any atom is -0.481 e. The van der Waals surface area contributed by atoms with E-state index >= 15 is 0 Å². The second kappa shape index (κ2) is 4.11. The minimum absolute atomic E-state index is 0.312. The van der Waals surface area contributed by atoms with Crippen molar-refractivity contribution in [3.63, 3.8) is 0 Å². The predicted octanol–water partition coefficient (Wildman–Crippen LogP) is 1.32. The quantitative estimate of drug-likeness (QED) is 0.638. The Kier molecular flexibility index (Phi) is 3.11. The first-order chi connectivity index (χ1) is 6.09. The highest BCUT2D eigenvalue weighted by molar-refractivity contribution is 5.70. The van der Waals surface area contributed by atoms with Crippen molar-refractivity contribution in [2.45, 2.75) is 31.8 Å². The maximum absolute atomic E-state index is 10.5. The largest absolute Gasteiger partial charge is 0.506 e. The van der Waals surface area contributed by atoms with Gasteiger partial charge in [0.05, 0.1) is 5.92 Å². The van der Waals surface area contributed by atoms with Gasteiger partial charge < -0.3 is 14.9 Å². The molecule has 74 valence electrons. The Morgan fingerprint density at radius 2 is 1.62 bits per heavy atom. The zero-order valence-electron chi connectivity index (χ0n) is 7.10.